The Morgan fingerprint density at radius 1 is 1.19 bits per heavy atom. The topological polar surface area (TPSA) is 62.3 Å². The third-order valence-corrected chi connectivity index (χ3v) is 6.51. The molecule has 1 unspecified atom stereocenters. The second-order valence-corrected chi connectivity index (χ2v) is 9.53. The maximum atomic E-state index is 14.1. The third kappa shape index (κ3) is 4.80. The van der Waals surface area contributed by atoms with Crippen LogP contribution >= 0.6 is 11.3 Å². The lowest BCUT2D eigenvalue weighted by atomic mass is 9.73. The number of aryl methyl sites for hydroxylation is 1. The number of hydrogen-bond acceptors (Lipinski definition) is 4. The lowest BCUT2D eigenvalue weighted by Gasteiger charge is -2.38. The number of halogens is 5. The first-order valence-corrected chi connectivity index (χ1v) is 10.5. The maximum Gasteiger partial charge on any atom is 0.417 e. The van der Waals surface area contributed by atoms with Gasteiger partial charge in [-0.3, -0.25) is 4.79 Å². The number of nitrogens with one attached hydrogen (secondary N) is 1. The number of pyridine rings is 1. The minimum Gasteiger partial charge on any atom is -0.434 e. The molecule has 0 fully saturated rings. The van der Waals surface area contributed by atoms with E-state index in [1.54, 1.807) is 0 Å². The molecular weight excluding hydrogens is 453 g/mol. The van der Waals surface area contributed by atoms with Gasteiger partial charge in [-0.25, -0.2) is 0 Å². The van der Waals surface area contributed by atoms with Crippen molar-refractivity contribution in [1.29, 1.82) is 0 Å². The summed E-state index contributed by atoms with van der Waals surface area (Å²) in [5.41, 5.74) is -4.03. The van der Waals surface area contributed by atoms with Gasteiger partial charge in [0.25, 0.3) is 0 Å². The van der Waals surface area contributed by atoms with Crippen molar-refractivity contribution in [3.63, 3.8) is 0 Å². The summed E-state index contributed by atoms with van der Waals surface area (Å²) in [5.74, 6) is -0.204. The van der Waals surface area contributed by atoms with E-state index in [-0.39, 0.29) is 26.3 Å². The van der Waals surface area contributed by atoms with Gasteiger partial charge in [0.1, 0.15) is 5.75 Å². The van der Waals surface area contributed by atoms with Gasteiger partial charge in [0.15, 0.2) is 11.0 Å². The first-order valence-electron chi connectivity index (χ1n) is 9.68. The molecule has 1 aromatic carbocycles. The Balaban J connectivity index is 2.02. The average Bonchev–Trinajstić information content (AvgIpc) is 3.05. The third-order valence-electron chi connectivity index (χ3n) is 5.36. The van der Waals surface area contributed by atoms with Crippen LogP contribution in [0.2, 0.25) is 0 Å². The van der Waals surface area contributed by atoms with E-state index >= 15 is 0 Å². The number of hydrogen-bond donors (Lipinski definition) is 2. The molecule has 3 aromatic rings. The Bertz CT molecular complexity index is 1170. The molecule has 0 radical (unpaired) electrons. The summed E-state index contributed by atoms with van der Waals surface area (Å²) in [6.45, 7) is 1.24. The number of rotatable bonds is 7. The zero-order valence-corrected chi connectivity index (χ0v) is 18.3. The van der Waals surface area contributed by atoms with Crippen molar-refractivity contribution in [3.8, 4) is 5.75 Å². The van der Waals surface area contributed by atoms with Crippen LogP contribution in [-0.4, -0.2) is 28.5 Å². The molecule has 0 bridgehead atoms. The van der Waals surface area contributed by atoms with E-state index in [4.69, 9.17) is 0 Å². The molecule has 32 heavy (non-hydrogen) atoms. The summed E-state index contributed by atoms with van der Waals surface area (Å²) < 4.78 is 73.0. The van der Waals surface area contributed by atoms with E-state index in [1.807, 2.05) is 0 Å². The van der Waals surface area contributed by atoms with Crippen molar-refractivity contribution < 1.29 is 31.8 Å². The number of aromatic nitrogens is 1. The van der Waals surface area contributed by atoms with Crippen molar-refractivity contribution in [2.24, 2.45) is 0 Å². The molecule has 0 saturated heterocycles. The second kappa shape index (κ2) is 8.47. The highest BCUT2D eigenvalue weighted by molar-refractivity contribution is 7.18. The normalized spacial score (nSPS) is 14.7. The predicted octanol–water partition coefficient (Wildman–Crippen LogP) is 5.70. The summed E-state index contributed by atoms with van der Waals surface area (Å²) in [7, 11) is 0. The Kier molecular flexibility index (Phi) is 6.41. The molecule has 4 nitrogen and oxygen atoms in total. The summed E-state index contributed by atoms with van der Waals surface area (Å²) in [4.78, 5) is 14.9. The average molecular weight is 475 g/mol. The van der Waals surface area contributed by atoms with Gasteiger partial charge in [0, 0.05) is 29.1 Å². The van der Waals surface area contributed by atoms with Gasteiger partial charge in [-0.05, 0) is 30.4 Å². The summed E-state index contributed by atoms with van der Waals surface area (Å²) in [6, 6.07) is 7.14. The standard InChI is InChI=1S/C22H22F5NO3S/c1-12-5-4-6-14(17(12)31-19(23)24)20(2,3)11-21(30,22(25,26)27)10-13-9-15-18(32-13)16(29)7-8-28-15/h4-9,19,30H,10-11H2,1-3H3,(H,28,29). The van der Waals surface area contributed by atoms with Gasteiger partial charge in [0.05, 0.1) is 10.2 Å². The minimum absolute atomic E-state index is 0.131. The highest BCUT2D eigenvalue weighted by atomic mass is 32.1. The van der Waals surface area contributed by atoms with E-state index in [0.29, 0.717) is 11.1 Å². The van der Waals surface area contributed by atoms with Gasteiger partial charge in [-0.2, -0.15) is 22.0 Å². The lowest BCUT2D eigenvalue weighted by molar-refractivity contribution is -0.266. The molecule has 0 saturated carbocycles. The van der Waals surface area contributed by atoms with Crippen LogP contribution in [0.3, 0.4) is 0 Å². The van der Waals surface area contributed by atoms with E-state index < -0.39 is 36.6 Å². The molecular formula is C22H22F5NO3S. The van der Waals surface area contributed by atoms with Gasteiger partial charge in [-0.1, -0.05) is 32.0 Å². The van der Waals surface area contributed by atoms with E-state index in [1.165, 1.54) is 57.3 Å². The smallest absolute Gasteiger partial charge is 0.417 e. The first kappa shape index (κ1) is 24.2. The van der Waals surface area contributed by atoms with Crippen LogP contribution in [0.4, 0.5) is 22.0 Å². The fourth-order valence-electron chi connectivity index (χ4n) is 3.91. The first-order chi connectivity index (χ1) is 14.7. The number of ether oxygens (including phenoxy) is 1. The quantitative estimate of drug-likeness (QED) is 0.431. The van der Waals surface area contributed by atoms with Crippen LogP contribution in [0.1, 0.15) is 36.3 Å². The molecule has 2 aromatic heterocycles. The van der Waals surface area contributed by atoms with Crippen LogP contribution in [0.15, 0.2) is 41.3 Å². The molecule has 0 aliphatic heterocycles. The fraction of sp³-hybridized carbons (Fsp3) is 0.409. The lowest BCUT2D eigenvalue weighted by Crippen LogP contribution is -2.50. The van der Waals surface area contributed by atoms with E-state index in [2.05, 4.69) is 9.72 Å². The van der Waals surface area contributed by atoms with Crippen molar-refractivity contribution in [2.45, 2.75) is 57.4 Å². The minimum atomic E-state index is -5.02. The number of benzene rings is 1. The molecule has 0 aliphatic carbocycles. The molecule has 1 atom stereocenters. The van der Waals surface area contributed by atoms with Gasteiger partial charge >= 0.3 is 12.8 Å². The molecule has 0 amide bonds. The fourth-order valence-corrected chi connectivity index (χ4v) is 5.06. The number of thiophene rings is 1. The number of fused-ring (bicyclic) bond motifs is 1. The number of para-hydroxylation sites is 1. The van der Waals surface area contributed by atoms with Crippen LogP contribution in [0, 0.1) is 6.92 Å². The van der Waals surface area contributed by atoms with Crippen LogP contribution in [0.5, 0.6) is 5.75 Å². The summed E-state index contributed by atoms with van der Waals surface area (Å²) >= 11 is 0.875. The maximum absolute atomic E-state index is 14.1. The highest BCUT2D eigenvalue weighted by Gasteiger charge is 2.56. The summed E-state index contributed by atoms with van der Waals surface area (Å²) in [5, 5.41) is 10.8. The van der Waals surface area contributed by atoms with Crippen molar-refractivity contribution >= 4 is 21.6 Å². The monoisotopic (exact) mass is 475 g/mol. The summed E-state index contributed by atoms with van der Waals surface area (Å²) in [6.07, 6.45) is -5.22. The van der Waals surface area contributed by atoms with Gasteiger partial charge in [0.2, 0.25) is 0 Å². The Morgan fingerprint density at radius 2 is 1.88 bits per heavy atom. The number of alkyl halides is 5. The van der Waals surface area contributed by atoms with Crippen molar-refractivity contribution in [2.75, 3.05) is 0 Å². The zero-order chi connectivity index (χ0) is 23.9. The van der Waals surface area contributed by atoms with E-state index in [9.17, 15) is 31.9 Å². The second-order valence-electron chi connectivity index (χ2n) is 8.39. The SMILES string of the molecule is Cc1cccc(C(C)(C)CC(O)(Cc2cc3[nH]ccc(=O)c3s2)C(F)(F)F)c1OC(F)F. The van der Waals surface area contributed by atoms with Crippen LogP contribution in [0.25, 0.3) is 10.2 Å². The molecule has 2 N–H and O–H groups in total. The largest absolute Gasteiger partial charge is 0.434 e. The van der Waals surface area contributed by atoms with Gasteiger partial charge in [-0.15, -0.1) is 11.3 Å². The predicted molar refractivity (Wildman–Crippen MR) is 113 cm³/mol. The molecule has 10 heteroatoms. The van der Waals surface area contributed by atoms with Crippen LogP contribution < -0.4 is 10.2 Å². The molecule has 2 heterocycles. The molecule has 3 rings (SSSR count). The zero-order valence-electron chi connectivity index (χ0n) is 17.5. The Morgan fingerprint density at radius 3 is 2.47 bits per heavy atom. The van der Waals surface area contributed by atoms with Crippen molar-refractivity contribution in [1.82, 2.24) is 4.98 Å². The van der Waals surface area contributed by atoms with Gasteiger partial charge < -0.3 is 14.8 Å². The number of aliphatic hydroxyl groups is 1. The van der Waals surface area contributed by atoms with Crippen LogP contribution in [-0.2, 0) is 11.8 Å². The highest BCUT2D eigenvalue weighted by Crippen LogP contribution is 2.46. The van der Waals surface area contributed by atoms with Crippen molar-refractivity contribution in [3.05, 3.63) is 62.8 Å². The number of aromatic amines is 1. The molecule has 0 aliphatic rings. The molecule has 174 valence electrons. The Hall–Kier alpha value is -2.46. The van der Waals surface area contributed by atoms with E-state index in [0.717, 1.165) is 11.3 Å². The molecule has 0 spiro atoms. The number of H-pyrrole nitrogens is 1. The Labute approximate surface area is 184 Å².